The molecular formula is C25H34Cl2N2O5S. The lowest BCUT2D eigenvalue weighted by atomic mass is 9.85. The summed E-state index contributed by atoms with van der Waals surface area (Å²) in [6.45, 7) is 6.60. The molecule has 0 aromatic heterocycles. The highest BCUT2D eigenvalue weighted by Gasteiger charge is 2.28. The Labute approximate surface area is 218 Å². The Kier molecular flexibility index (Phi) is 11.3. The van der Waals surface area contributed by atoms with Crippen LogP contribution in [0.15, 0.2) is 41.3 Å². The van der Waals surface area contributed by atoms with Gasteiger partial charge in [0.2, 0.25) is 10.0 Å². The van der Waals surface area contributed by atoms with Gasteiger partial charge in [-0.2, -0.15) is 0 Å². The average molecular weight is 546 g/mol. The van der Waals surface area contributed by atoms with E-state index in [0.29, 0.717) is 36.5 Å². The normalized spacial score (nSPS) is 16.4. The molecule has 1 heterocycles. The Morgan fingerprint density at radius 1 is 1.00 bits per heavy atom. The van der Waals surface area contributed by atoms with Crippen molar-refractivity contribution in [3.8, 4) is 0 Å². The van der Waals surface area contributed by atoms with Gasteiger partial charge in [0.1, 0.15) is 0 Å². The minimum Gasteiger partial charge on any atom is -0.379 e. The van der Waals surface area contributed by atoms with E-state index in [1.807, 2.05) is 19.2 Å². The van der Waals surface area contributed by atoms with Crippen LogP contribution < -0.4 is 4.72 Å². The van der Waals surface area contributed by atoms with E-state index in [-0.39, 0.29) is 24.0 Å². The van der Waals surface area contributed by atoms with Crippen molar-refractivity contribution in [3.63, 3.8) is 0 Å². The fourth-order valence-corrected chi connectivity index (χ4v) is 5.68. The van der Waals surface area contributed by atoms with Gasteiger partial charge in [-0.05, 0) is 54.4 Å². The van der Waals surface area contributed by atoms with Crippen molar-refractivity contribution in [3.05, 3.63) is 63.1 Å². The van der Waals surface area contributed by atoms with Crippen LogP contribution in [0.2, 0.25) is 10.0 Å². The second kappa shape index (κ2) is 13.9. The fourth-order valence-electron chi connectivity index (χ4n) is 4.05. The summed E-state index contributed by atoms with van der Waals surface area (Å²) in [5, 5.41) is 1.20. The summed E-state index contributed by atoms with van der Waals surface area (Å²) in [6, 6.07) is 10.7. The number of benzene rings is 2. The standard InChI is InChI=1S/C25H34Cl2N2O5S/c1-3-8-32-10-12-34-13-11-33-9-7-28-35(30,31)21-6-4-5-19(14-21)23-17-29(2)18-24-22(23)15-20(26)16-25(24)27/h4-6,14-16,23,28H,3,7-13,17-18H2,1-2H3/t23-/m0/s1. The molecule has 7 nitrogen and oxygen atoms in total. The van der Waals surface area contributed by atoms with Gasteiger partial charge in [-0.3, -0.25) is 0 Å². The summed E-state index contributed by atoms with van der Waals surface area (Å²) in [5.41, 5.74) is 2.96. The summed E-state index contributed by atoms with van der Waals surface area (Å²) in [5.74, 6) is -0.0363. The minimum atomic E-state index is -3.68. The van der Waals surface area contributed by atoms with Crippen LogP contribution in [0.1, 0.15) is 36.0 Å². The van der Waals surface area contributed by atoms with Gasteiger partial charge in [0, 0.05) is 42.2 Å². The van der Waals surface area contributed by atoms with Crippen LogP contribution in [0.25, 0.3) is 0 Å². The molecule has 3 rings (SSSR count). The van der Waals surface area contributed by atoms with E-state index >= 15 is 0 Å². The van der Waals surface area contributed by atoms with Crippen LogP contribution in [0.4, 0.5) is 0 Å². The first-order chi connectivity index (χ1) is 16.8. The van der Waals surface area contributed by atoms with Crippen LogP contribution in [0.3, 0.4) is 0 Å². The van der Waals surface area contributed by atoms with Gasteiger partial charge in [0.05, 0.1) is 37.9 Å². The maximum absolute atomic E-state index is 12.9. The van der Waals surface area contributed by atoms with Crippen LogP contribution in [-0.4, -0.2) is 73.1 Å². The molecule has 194 valence electrons. The number of fused-ring (bicyclic) bond motifs is 1. The van der Waals surface area contributed by atoms with Gasteiger partial charge in [-0.15, -0.1) is 0 Å². The number of nitrogens with one attached hydrogen (secondary N) is 1. The number of ether oxygens (including phenoxy) is 3. The van der Waals surface area contributed by atoms with E-state index < -0.39 is 10.0 Å². The first-order valence-electron chi connectivity index (χ1n) is 11.8. The van der Waals surface area contributed by atoms with E-state index in [4.69, 9.17) is 37.4 Å². The maximum Gasteiger partial charge on any atom is 0.240 e. The zero-order valence-electron chi connectivity index (χ0n) is 20.3. The zero-order chi connectivity index (χ0) is 25.3. The fraction of sp³-hybridized carbons (Fsp3) is 0.520. The molecule has 0 aliphatic carbocycles. The lowest BCUT2D eigenvalue weighted by Gasteiger charge is -2.33. The third kappa shape index (κ3) is 8.40. The highest BCUT2D eigenvalue weighted by molar-refractivity contribution is 7.89. The monoisotopic (exact) mass is 544 g/mol. The van der Waals surface area contributed by atoms with E-state index in [1.165, 1.54) is 0 Å². The second-order valence-corrected chi connectivity index (χ2v) is 11.1. The number of halogens is 2. The van der Waals surface area contributed by atoms with Gasteiger partial charge >= 0.3 is 0 Å². The van der Waals surface area contributed by atoms with Gasteiger partial charge in [0.15, 0.2) is 0 Å². The number of rotatable bonds is 14. The molecule has 0 spiro atoms. The van der Waals surface area contributed by atoms with Crippen LogP contribution in [-0.2, 0) is 30.8 Å². The highest BCUT2D eigenvalue weighted by Crippen LogP contribution is 2.38. The van der Waals surface area contributed by atoms with Crippen molar-refractivity contribution in [1.29, 1.82) is 0 Å². The van der Waals surface area contributed by atoms with Crippen LogP contribution in [0, 0.1) is 0 Å². The van der Waals surface area contributed by atoms with Crippen molar-refractivity contribution in [2.24, 2.45) is 0 Å². The molecule has 1 aliphatic rings. The van der Waals surface area contributed by atoms with Gasteiger partial charge < -0.3 is 19.1 Å². The van der Waals surface area contributed by atoms with Crippen molar-refractivity contribution >= 4 is 33.2 Å². The van der Waals surface area contributed by atoms with E-state index in [1.54, 1.807) is 24.3 Å². The molecule has 1 aliphatic heterocycles. The van der Waals surface area contributed by atoms with Crippen LogP contribution >= 0.6 is 23.2 Å². The second-order valence-electron chi connectivity index (χ2n) is 8.51. The molecule has 2 aromatic rings. The van der Waals surface area contributed by atoms with E-state index in [9.17, 15) is 8.42 Å². The average Bonchev–Trinajstić information content (AvgIpc) is 2.82. The molecule has 10 heteroatoms. The van der Waals surface area contributed by atoms with Crippen molar-refractivity contribution in [1.82, 2.24) is 9.62 Å². The third-order valence-electron chi connectivity index (χ3n) is 5.69. The number of hydrogen-bond acceptors (Lipinski definition) is 6. The lowest BCUT2D eigenvalue weighted by molar-refractivity contribution is 0.0158. The van der Waals surface area contributed by atoms with Gasteiger partial charge in [-0.25, -0.2) is 13.1 Å². The molecular weight excluding hydrogens is 511 g/mol. The maximum atomic E-state index is 12.9. The van der Waals surface area contributed by atoms with Crippen molar-refractivity contribution in [2.45, 2.75) is 30.7 Å². The number of nitrogens with zero attached hydrogens (tertiary/aromatic N) is 1. The molecule has 35 heavy (non-hydrogen) atoms. The zero-order valence-corrected chi connectivity index (χ0v) is 22.6. The van der Waals surface area contributed by atoms with E-state index in [0.717, 1.165) is 42.8 Å². The number of sulfonamides is 1. The molecule has 0 fully saturated rings. The van der Waals surface area contributed by atoms with Crippen molar-refractivity contribution < 1.29 is 22.6 Å². The Hall–Kier alpha value is -1.23. The predicted molar refractivity (Wildman–Crippen MR) is 139 cm³/mol. The first kappa shape index (κ1) is 28.3. The summed E-state index contributed by atoms with van der Waals surface area (Å²) in [7, 11) is -1.66. The number of likely N-dealkylation sites (N-methyl/N-ethyl adjacent to an activating group) is 1. The third-order valence-corrected chi connectivity index (χ3v) is 7.71. The van der Waals surface area contributed by atoms with Crippen LogP contribution in [0.5, 0.6) is 0 Å². The number of hydrogen-bond donors (Lipinski definition) is 1. The molecule has 0 radical (unpaired) electrons. The molecule has 0 saturated carbocycles. The summed E-state index contributed by atoms with van der Waals surface area (Å²) in [4.78, 5) is 2.39. The lowest BCUT2D eigenvalue weighted by Crippen LogP contribution is -2.31. The molecule has 0 saturated heterocycles. The molecule has 1 atom stereocenters. The highest BCUT2D eigenvalue weighted by atomic mass is 35.5. The molecule has 1 N–H and O–H groups in total. The Morgan fingerprint density at radius 2 is 1.69 bits per heavy atom. The molecule has 0 unspecified atom stereocenters. The largest absolute Gasteiger partial charge is 0.379 e. The molecule has 0 bridgehead atoms. The SMILES string of the molecule is CCCOCCOCCOCCNS(=O)(=O)c1cccc([C@@H]2CN(C)Cc3c(Cl)cc(Cl)cc32)c1. The summed E-state index contributed by atoms with van der Waals surface area (Å²) < 4.78 is 44.6. The minimum absolute atomic E-state index is 0.0363. The summed E-state index contributed by atoms with van der Waals surface area (Å²) >= 11 is 12.7. The van der Waals surface area contributed by atoms with Crippen molar-refractivity contribution in [2.75, 3.05) is 59.8 Å². The quantitative estimate of drug-likeness (QED) is 0.357. The molecule has 2 aromatic carbocycles. The van der Waals surface area contributed by atoms with Gasteiger partial charge in [-0.1, -0.05) is 42.3 Å². The summed E-state index contributed by atoms with van der Waals surface area (Å²) in [6.07, 6.45) is 0.985. The first-order valence-corrected chi connectivity index (χ1v) is 14.0. The Bertz CT molecular complexity index is 1070. The topological polar surface area (TPSA) is 77.1 Å². The smallest absolute Gasteiger partial charge is 0.240 e. The Morgan fingerprint density at radius 3 is 2.40 bits per heavy atom. The Balaban J connectivity index is 1.54. The van der Waals surface area contributed by atoms with Gasteiger partial charge in [0.25, 0.3) is 0 Å². The van der Waals surface area contributed by atoms with E-state index in [2.05, 4.69) is 16.5 Å². The molecule has 0 amide bonds. The predicted octanol–water partition coefficient (Wildman–Crippen LogP) is 4.31.